The summed E-state index contributed by atoms with van der Waals surface area (Å²) in [5.41, 5.74) is 10.1. The first-order valence-electron chi connectivity index (χ1n) is 7.04. The Balaban J connectivity index is 2.72. The number of aromatic nitrogens is 1. The average Bonchev–Trinajstić information content (AvgIpc) is 2.71. The minimum Gasteiger partial charge on any atom is -0.383 e. The van der Waals surface area contributed by atoms with E-state index in [2.05, 4.69) is 11.5 Å². The lowest BCUT2D eigenvalue weighted by atomic mass is 10.0. The van der Waals surface area contributed by atoms with Crippen LogP contribution in [-0.4, -0.2) is 24.2 Å². The van der Waals surface area contributed by atoms with Crippen molar-refractivity contribution in [1.82, 2.24) is 4.57 Å². The molecule has 4 heteroatoms. The van der Waals surface area contributed by atoms with Crippen LogP contribution in [0.15, 0.2) is 30.3 Å². The zero-order valence-electron chi connectivity index (χ0n) is 13.0. The van der Waals surface area contributed by atoms with Crippen molar-refractivity contribution in [3.63, 3.8) is 0 Å². The number of carbonyl (C=O) groups excluding carboxylic acids is 1. The monoisotopic (exact) mass is 286 g/mol. The highest BCUT2D eigenvalue weighted by molar-refractivity contribution is 5.98. The Labute approximate surface area is 125 Å². The quantitative estimate of drug-likeness (QED) is 0.918. The van der Waals surface area contributed by atoms with Gasteiger partial charge in [0.25, 0.3) is 5.91 Å². The number of hydrogen-bond donors (Lipinski definition) is 1. The standard InChI is InChI=1S/C17H22N2O2/c1-11(10-21-4)19-13(3)15(17(18)20)12(2)16(19)14-8-6-5-7-9-14/h5-9,11H,10H2,1-4H3,(H2,18,20). The highest BCUT2D eigenvalue weighted by Crippen LogP contribution is 2.33. The number of carbonyl (C=O) groups is 1. The first kappa shape index (κ1) is 15.3. The van der Waals surface area contributed by atoms with Crippen LogP contribution in [0.4, 0.5) is 0 Å². The normalized spacial score (nSPS) is 12.4. The van der Waals surface area contributed by atoms with Gasteiger partial charge in [-0.15, -0.1) is 0 Å². The summed E-state index contributed by atoms with van der Waals surface area (Å²) in [6, 6.07) is 10.2. The van der Waals surface area contributed by atoms with Crippen LogP contribution < -0.4 is 5.73 Å². The van der Waals surface area contributed by atoms with Crippen molar-refractivity contribution < 1.29 is 9.53 Å². The minimum absolute atomic E-state index is 0.122. The highest BCUT2D eigenvalue weighted by atomic mass is 16.5. The molecule has 2 N–H and O–H groups in total. The van der Waals surface area contributed by atoms with Crippen LogP contribution >= 0.6 is 0 Å². The van der Waals surface area contributed by atoms with Crippen molar-refractivity contribution >= 4 is 5.91 Å². The van der Waals surface area contributed by atoms with E-state index in [9.17, 15) is 4.79 Å². The van der Waals surface area contributed by atoms with Gasteiger partial charge in [-0.3, -0.25) is 4.79 Å². The molecule has 1 aromatic heterocycles. The Morgan fingerprint density at radius 2 is 1.90 bits per heavy atom. The summed E-state index contributed by atoms with van der Waals surface area (Å²) in [5.74, 6) is -0.384. The lowest BCUT2D eigenvalue weighted by Crippen LogP contribution is -2.16. The molecule has 1 aromatic carbocycles. The van der Waals surface area contributed by atoms with Crippen LogP contribution in [0.25, 0.3) is 11.3 Å². The molecule has 2 rings (SSSR count). The fourth-order valence-corrected chi connectivity index (χ4v) is 3.04. The summed E-state index contributed by atoms with van der Waals surface area (Å²) in [6.45, 7) is 6.54. The SMILES string of the molecule is COCC(C)n1c(C)c(C(N)=O)c(C)c1-c1ccccc1. The van der Waals surface area contributed by atoms with E-state index in [0.717, 1.165) is 22.5 Å². The van der Waals surface area contributed by atoms with Crippen LogP contribution in [0.1, 0.15) is 34.6 Å². The minimum atomic E-state index is -0.384. The Kier molecular flexibility index (Phi) is 4.48. The molecule has 1 unspecified atom stereocenters. The van der Waals surface area contributed by atoms with Gasteiger partial charge in [0.1, 0.15) is 0 Å². The number of primary amides is 1. The summed E-state index contributed by atoms with van der Waals surface area (Å²) >= 11 is 0. The molecule has 0 radical (unpaired) electrons. The predicted molar refractivity (Wildman–Crippen MR) is 84.4 cm³/mol. The smallest absolute Gasteiger partial charge is 0.250 e. The zero-order valence-corrected chi connectivity index (χ0v) is 13.0. The Bertz CT molecular complexity index is 645. The van der Waals surface area contributed by atoms with E-state index < -0.39 is 0 Å². The second-order valence-corrected chi connectivity index (χ2v) is 5.34. The van der Waals surface area contributed by atoms with Gasteiger partial charge in [-0.1, -0.05) is 30.3 Å². The maximum Gasteiger partial charge on any atom is 0.250 e. The number of nitrogens with zero attached hydrogens (tertiary/aromatic N) is 1. The molecule has 0 saturated heterocycles. The van der Waals surface area contributed by atoms with Gasteiger partial charge >= 0.3 is 0 Å². The molecule has 1 atom stereocenters. The van der Waals surface area contributed by atoms with E-state index in [4.69, 9.17) is 10.5 Å². The molecule has 1 amide bonds. The van der Waals surface area contributed by atoms with Crippen molar-refractivity contribution in [1.29, 1.82) is 0 Å². The van der Waals surface area contributed by atoms with Gasteiger partial charge in [-0.25, -0.2) is 0 Å². The van der Waals surface area contributed by atoms with E-state index in [0.29, 0.717) is 12.2 Å². The van der Waals surface area contributed by atoms with E-state index in [-0.39, 0.29) is 11.9 Å². The molecule has 0 aliphatic carbocycles. The molecule has 0 saturated carbocycles. The second kappa shape index (κ2) is 6.14. The molecule has 21 heavy (non-hydrogen) atoms. The predicted octanol–water partition coefficient (Wildman–Crippen LogP) is 3.08. The van der Waals surface area contributed by atoms with Crippen molar-refractivity contribution in [2.45, 2.75) is 26.8 Å². The third-order valence-electron chi connectivity index (χ3n) is 3.84. The third kappa shape index (κ3) is 2.72. The van der Waals surface area contributed by atoms with Crippen LogP contribution in [0, 0.1) is 13.8 Å². The number of hydrogen-bond acceptors (Lipinski definition) is 2. The van der Waals surface area contributed by atoms with Gasteiger partial charge < -0.3 is 15.0 Å². The summed E-state index contributed by atoms with van der Waals surface area (Å²) in [7, 11) is 1.68. The molecule has 0 fully saturated rings. The van der Waals surface area contributed by atoms with E-state index in [1.807, 2.05) is 44.2 Å². The van der Waals surface area contributed by atoms with Crippen LogP contribution in [0.5, 0.6) is 0 Å². The van der Waals surface area contributed by atoms with Crippen LogP contribution in [-0.2, 0) is 4.74 Å². The molecule has 0 aliphatic rings. The lowest BCUT2D eigenvalue weighted by molar-refractivity contribution is 0.0998. The van der Waals surface area contributed by atoms with Crippen molar-refractivity contribution in [3.05, 3.63) is 47.2 Å². The molecule has 2 aromatic rings. The number of methoxy groups -OCH3 is 1. The van der Waals surface area contributed by atoms with Crippen molar-refractivity contribution in [3.8, 4) is 11.3 Å². The van der Waals surface area contributed by atoms with Gasteiger partial charge in [0.2, 0.25) is 0 Å². The third-order valence-corrected chi connectivity index (χ3v) is 3.84. The van der Waals surface area contributed by atoms with Gasteiger partial charge in [0, 0.05) is 12.8 Å². The number of amides is 1. The molecule has 0 bridgehead atoms. The van der Waals surface area contributed by atoms with E-state index >= 15 is 0 Å². The summed E-state index contributed by atoms with van der Waals surface area (Å²) < 4.78 is 7.42. The van der Waals surface area contributed by atoms with Gasteiger partial charge in [0.05, 0.1) is 23.9 Å². The molecule has 4 nitrogen and oxygen atoms in total. The Morgan fingerprint density at radius 1 is 1.29 bits per heavy atom. The van der Waals surface area contributed by atoms with Gasteiger partial charge in [0.15, 0.2) is 0 Å². The first-order chi connectivity index (χ1) is 9.99. The maximum absolute atomic E-state index is 11.8. The second-order valence-electron chi connectivity index (χ2n) is 5.34. The Hall–Kier alpha value is -2.07. The number of nitrogens with two attached hydrogens (primary N) is 1. The van der Waals surface area contributed by atoms with Crippen molar-refractivity contribution in [2.24, 2.45) is 5.73 Å². The fraction of sp³-hybridized carbons (Fsp3) is 0.353. The topological polar surface area (TPSA) is 57.2 Å². The lowest BCUT2D eigenvalue weighted by Gasteiger charge is -2.19. The zero-order chi connectivity index (χ0) is 15.6. The van der Waals surface area contributed by atoms with Gasteiger partial charge in [-0.2, -0.15) is 0 Å². The van der Waals surface area contributed by atoms with E-state index in [1.165, 1.54) is 0 Å². The fourth-order valence-electron chi connectivity index (χ4n) is 3.04. The number of benzene rings is 1. The summed E-state index contributed by atoms with van der Waals surface area (Å²) in [5, 5.41) is 0. The molecule has 112 valence electrons. The van der Waals surface area contributed by atoms with Crippen LogP contribution in [0.3, 0.4) is 0 Å². The molecule has 0 aliphatic heterocycles. The van der Waals surface area contributed by atoms with Crippen LogP contribution in [0.2, 0.25) is 0 Å². The maximum atomic E-state index is 11.8. The average molecular weight is 286 g/mol. The van der Waals surface area contributed by atoms with Gasteiger partial charge in [-0.05, 0) is 31.9 Å². The Morgan fingerprint density at radius 3 is 2.43 bits per heavy atom. The summed E-state index contributed by atoms with van der Waals surface area (Å²) in [4.78, 5) is 11.8. The number of ether oxygens (including phenoxy) is 1. The van der Waals surface area contributed by atoms with E-state index in [1.54, 1.807) is 7.11 Å². The summed E-state index contributed by atoms with van der Waals surface area (Å²) in [6.07, 6.45) is 0. The molecule has 0 spiro atoms. The first-order valence-corrected chi connectivity index (χ1v) is 7.04. The van der Waals surface area contributed by atoms with Crippen molar-refractivity contribution in [2.75, 3.05) is 13.7 Å². The largest absolute Gasteiger partial charge is 0.383 e. The molecular weight excluding hydrogens is 264 g/mol. The highest BCUT2D eigenvalue weighted by Gasteiger charge is 2.24. The molecule has 1 heterocycles. The number of rotatable bonds is 5. The molecular formula is C17H22N2O2.